The Labute approximate surface area is 137 Å². The van der Waals surface area contributed by atoms with Crippen molar-refractivity contribution in [1.29, 1.82) is 0 Å². The molecule has 2 heterocycles. The summed E-state index contributed by atoms with van der Waals surface area (Å²) in [6.45, 7) is 3.52. The first-order valence-corrected chi connectivity index (χ1v) is 7.75. The molecule has 0 bridgehead atoms. The Morgan fingerprint density at radius 1 is 1.33 bits per heavy atom. The normalized spacial score (nSPS) is 24.4. The SMILES string of the molecule is Cc1c(NC(=O)N2CCO[C@]3(CCOC3)C2)cccc1C(F)(F)F. The van der Waals surface area contributed by atoms with E-state index in [0.717, 1.165) is 6.07 Å². The molecule has 0 saturated carbocycles. The van der Waals surface area contributed by atoms with E-state index in [1.54, 1.807) is 4.90 Å². The van der Waals surface area contributed by atoms with Crippen molar-refractivity contribution in [3.05, 3.63) is 29.3 Å². The van der Waals surface area contributed by atoms with Crippen LogP contribution in [0.3, 0.4) is 0 Å². The fraction of sp³-hybridized carbons (Fsp3) is 0.562. The van der Waals surface area contributed by atoms with Gasteiger partial charge in [-0.3, -0.25) is 0 Å². The standard InChI is InChI=1S/C16H19F3N2O3/c1-11-12(16(17,18)19)3-2-4-13(11)20-14(22)21-6-8-24-15(9-21)5-7-23-10-15/h2-4H,5-10H2,1H3,(H,20,22)/t15-/m1/s1. The zero-order valence-electron chi connectivity index (χ0n) is 13.3. The fourth-order valence-electron chi connectivity index (χ4n) is 3.12. The second kappa shape index (κ2) is 6.25. The molecule has 5 nitrogen and oxygen atoms in total. The van der Waals surface area contributed by atoms with Crippen LogP contribution >= 0.6 is 0 Å². The van der Waals surface area contributed by atoms with Crippen molar-refractivity contribution < 1.29 is 27.4 Å². The second-order valence-electron chi connectivity index (χ2n) is 6.16. The van der Waals surface area contributed by atoms with Gasteiger partial charge in [-0.15, -0.1) is 0 Å². The molecule has 1 aromatic carbocycles. The van der Waals surface area contributed by atoms with Gasteiger partial charge in [-0.2, -0.15) is 13.2 Å². The number of nitrogens with zero attached hydrogens (tertiary/aromatic N) is 1. The number of benzene rings is 1. The van der Waals surface area contributed by atoms with Crippen molar-refractivity contribution in [3.8, 4) is 0 Å². The number of alkyl halides is 3. The van der Waals surface area contributed by atoms with Crippen LogP contribution in [0.5, 0.6) is 0 Å². The molecule has 2 fully saturated rings. The molecular formula is C16H19F3N2O3. The smallest absolute Gasteiger partial charge is 0.378 e. The van der Waals surface area contributed by atoms with Gasteiger partial charge in [0.2, 0.25) is 0 Å². The van der Waals surface area contributed by atoms with Gasteiger partial charge in [0.05, 0.1) is 25.3 Å². The first-order valence-electron chi connectivity index (χ1n) is 7.75. The number of hydrogen-bond acceptors (Lipinski definition) is 3. The summed E-state index contributed by atoms with van der Waals surface area (Å²) < 4.78 is 50.0. The van der Waals surface area contributed by atoms with Crippen molar-refractivity contribution in [2.45, 2.75) is 25.1 Å². The molecule has 1 N–H and O–H groups in total. The first-order chi connectivity index (χ1) is 11.3. The van der Waals surface area contributed by atoms with Gasteiger partial charge < -0.3 is 19.7 Å². The van der Waals surface area contributed by atoms with Crippen LogP contribution in [0.1, 0.15) is 17.5 Å². The van der Waals surface area contributed by atoms with Crippen molar-refractivity contribution in [3.63, 3.8) is 0 Å². The molecule has 1 spiro atoms. The molecule has 1 atom stereocenters. The maximum Gasteiger partial charge on any atom is 0.416 e. The summed E-state index contributed by atoms with van der Waals surface area (Å²) in [4.78, 5) is 14.0. The lowest BCUT2D eigenvalue weighted by atomic mass is 10.0. The third-order valence-electron chi connectivity index (χ3n) is 4.48. The van der Waals surface area contributed by atoms with E-state index in [-0.39, 0.29) is 11.3 Å². The van der Waals surface area contributed by atoms with E-state index in [9.17, 15) is 18.0 Å². The number of anilines is 1. The van der Waals surface area contributed by atoms with Gasteiger partial charge in [0.25, 0.3) is 0 Å². The number of morpholine rings is 1. The van der Waals surface area contributed by atoms with Crippen LogP contribution in [-0.2, 0) is 15.7 Å². The van der Waals surface area contributed by atoms with Crippen LogP contribution in [0.2, 0.25) is 0 Å². The molecule has 8 heteroatoms. The average Bonchev–Trinajstić information content (AvgIpc) is 2.96. The van der Waals surface area contributed by atoms with Crippen LogP contribution < -0.4 is 5.32 Å². The highest BCUT2D eigenvalue weighted by Crippen LogP contribution is 2.35. The van der Waals surface area contributed by atoms with Gasteiger partial charge in [0.15, 0.2) is 0 Å². The maximum atomic E-state index is 13.0. The number of hydrogen-bond donors (Lipinski definition) is 1. The third kappa shape index (κ3) is 3.34. The predicted octanol–water partition coefficient (Wildman–Crippen LogP) is 3.04. The molecule has 2 aliphatic heterocycles. The Kier molecular flexibility index (Phi) is 4.44. The van der Waals surface area contributed by atoms with E-state index in [1.807, 2.05) is 0 Å². The van der Waals surface area contributed by atoms with Crippen molar-refractivity contribution in [2.75, 3.05) is 38.2 Å². The highest BCUT2D eigenvalue weighted by atomic mass is 19.4. The van der Waals surface area contributed by atoms with E-state index in [4.69, 9.17) is 9.47 Å². The zero-order valence-corrected chi connectivity index (χ0v) is 13.3. The van der Waals surface area contributed by atoms with E-state index >= 15 is 0 Å². The van der Waals surface area contributed by atoms with E-state index < -0.39 is 23.4 Å². The average molecular weight is 344 g/mol. The lowest BCUT2D eigenvalue weighted by Gasteiger charge is -2.39. The Balaban J connectivity index is 1.73. The summed E-state index contributed by atoms with van der Waals surface area (Å²) in [5.74, 6) is 0. The molecule has 0 radical (unpaired) electrons. The van der Waals surface area contributed by atoms with E-state index in [2.05, 4.69) is 5.32 Å². The Morgan fingerprint density at radius 3 is 2.79 bits per heavy atom. The Hall–Kier alpha value is -1.80. The number of urea groups is 1. The lowest BCUT2D eigenvalue weighted by Crippen LogP contribution is -2.55. The molecule has 0 unspecified atom stereocenters. The number of nitrogens with one attached hydrogen (secondary N) is 1. The summed E-state index contributed by atoms with van der Waals surface area (Å²) >= 11 is 0. The molecular weight excluding hydrogens is 325 g/mol. The van der Waals surface area contributed by atoms with Crippen LogP contribution in [0.25, 0.3) is 0 Å². The molecule has 0 aromatic heterocycles. The molecule has 1 aromatic rings. The highest BCUT2D eigenvalue weighted by Gasteiger charge is 2.42. The molecule has 132 valence electrons. The minimum atomic E-state index is -4.45. The zero-order chi connectivity index (χ0) is 17.4. The van der Waals surface area contributed by atoms with Crippen LogP contribution in [0, 0.1) is 6.92 Å². The molecule has 2 aliphatic rings. The third-order valence-corrected chi connectivity index (χ3v) is 4.48. The minimum absolute atomic E-state index is 0.00511. The topological polar surface area (TPSA) is 50.8 Å². The number of carbonyl (C=O) groups is 1. The number of amides is 2. The van der Waals surface area contributed by atoms with E-state index in [0.29, 0.717) is 39.3 Å². The van der Waals surface area contributed by atoms with Gasteiger partial charge in [-0.1, -0.05) is 6.07 Å². The Bertz CT molecular complexity index is 627. The molecule has 24 heavy (non-hydrogen) atoms. The minimum Gasteiger partial charge on any atom is -0.378 e. The monoisotopic (exact) mass is 344 g/mol. The van der Waals surface area contributed by atoms with Gasteiger partial charge in [-0.05, 0) is 24.6 Å². The summed E-state index contributed by atoms with van der Waals surface area (Å²) in [7, 11) is 0. The molecule has 3 rings (SSSR count). The maximum absolute atomic E-state index is 13.0. The Morgan fingerprint density at radius 2 is 2.12 bits per heavy atom. The number of ether oxygens (including phenoxy) is 2. The lowest BCUT2D eigenvalue weighted by molar-refractivity contribution is -0.138. The summed E-state index contributed by atoms with van der Waals surface area (Å²) in [6.07, 6.45) is -3.74. The van der Waals surface area contributed by atoms with Crippen LogP contribution in [0.4, 0.5) is 23.7 Å². The largest absolute Gasteiger partial charge is 0.416 e. The van der Waals surface area contributed by atoms with Gasteiger partial charge in [-0.25, -0.2) is 4.79 Å². The summed E-state index contributed by atoms with van der Waals surface area (Å²) in [5.41, 5.74) is -1.06. The van der Waals surface area contributed by atoms with E-state index in [1.165, 1.54) is 19.1 Å². The van der Waals surface area contributed by atoms with Gasteiger partial charge in [0, 0.05) is 25.3 Å². The first kappa shape index (κ1) is 17.0. The fourth-order valence-corrected chi connectivity index (χ4v) is 3.12. The van der Waals surface area contributed by atoms with Crippen molar-refractivity contribution in [1.82, 2.24) is 4.90 Å². The van der Waals surface area contributed by atoms with Crippen LogP contribution in [0.15, 0.2) is 18.2 Å². The number of halogens is 3. The van der Waals surface area contributed by atoms with Crippen molar-refractivity contribution >= 4 is 11.7 Å². The van der Waals surface area contributed by atoms with Gasteiger partial charge in [0.1, 0.15) is 5.60 Å². The number of rotatable bonds is 1. The molecule has 2 saturated heterocycles. The molecule has 2 amide bonds. The second-order valence-corrected chi connectivity index (χ2v) is 6.16. The number of carbonyl (C=O) groups excluding carboxylic acids is 1. The van der Waals surface area contributed by atoms with Crippen LogP contribution in [-0.4, -0.2) is 49.4 Å². The molecule has 0 aliphatic carbocycles. The highest BCUT2D eigenvalue weighted by molar-refractivity contribution is 5.90. The quantitative estimate of drug-likeness (QED) is 0.852. The van der Waals surface area contributed by atoms with Crippen molar-refractivity contribution in [2.24, 2.45) is 0 Å². The van der Waals surface area contributed by atoms with Gasteiger partial charge >= 0.3 is 12.2 Å². The predicted molar refractivity (Wildman–Crippen MR) is 80.9 cm³/mol. The summed E-state index contributed by atoms with van der Waals surface area (Å²) in [5, 5.41) is 2.59. The summed E-state index contributed by atoms with van der Waals surface area (Å²) in [6, 6.07) is 3.34.